The number of nitro benzene ring substituents is 1. The topological polar surface area (TPSA) is 114 Å². The molecule has 0 unspecified atom stereocenters. The van der Waals surface area contributed by atoms with E-state index in [9.17, 15) is 23.3 Å². The van der Waals surface area contributed by atoms with Crippen LogP contribution in [0.5, 0.6) is 0 Å². The largest absolute Gasteiger partial charge is 0.308 e. The van der Waals surface area contributed by atoms with Crippen molar-refractivity contribution in [1.29, 1.82) is 0 Å². The molecule has 0 spiro atoms. The van der Waals surface area contributed by atoms with Gasteiger partial charge in [-0.15, -0.1) is 0 Å². The fraction of sp³-hybridized carbons (Fsp3) is 0.300. The Bertz CT molecular complexity index is 1220. The number of hydrogen-bond acceptors (Lipinski definition) is 8. The van der Waals surface area contributed by atoms with E-state index in [1.54, 1.807) is 29.2 Å². The van der Waals surface area contributed by atoms with Crippen molar-refractivity contribution in [2.24, 2.45) is 0 Å². The molecular weight excluding hydrogens is 440 g/mol. The second-order valence-electron chi connectivity index (χ2n) is 7.35. The highest BCUT2D eigenvalue weighted by Gasteiger charge is 2.21. The van der Waals surface area contributed by atoms with Gasteiger partial charge in [0.2, 0.25) is 5.91 Å². The first kappa shape index (κ1) is 22.8. The van der Waals surface area contributed by atoms with Crippen LogP contribution in [0, 0.1) is 10.1 Å². The highest BCUT2D eigenvalue weighted by atomic mass is 32.2. The number of nitro groups is 1. The molecule has 0 atom stereocenters. The Morgan fingerprint density at radius 3 is 2.39 bits per heavy atom. The Hall–Kier alpha value is -2.89. The van der Waals surface area contributed by atoms with Gasteiger partial charge >= 0.3 is 0 Å². The number of sulfone groups is 1. The van der Waals surface area contributed by atoms with E-state index in [2.05, 4.69) is 4.98 Å². The van der Waals surface area contributed by atoms with Gasteiger partial charge in [-0.2, -0.15) is 0 Å². The van der Waals surface area contributed by atoms with Gasteiger partial charge in [0.05, 0.1) is 26.5 Å². The summed E-state index contributed by atoms with van der Waals surface area (Å²) >= 11 is 1.25. The average molecular weight is 463 g/mol. The fourth-order valence-corrected chi connectivity index (χ4v) is 4.64. The average Bonchev–Trinajstić information content (AvgIpc) is 3.10. The van der Waals surface area contributed by atoms with Crippen LogP contribution in [0.3, 0.4) is 0 Å². The molecule has 3 rings (SSSR count). The summed E-state index contributed by atoms with van der Waals surface area (Å²) in [5.41, 5.74) is 1.24. The molecule has 0 bridgehead atoms. The number of benzene rings is 2. The molecule has 3 aromatic rings. The molecule has 1 amide bonds. The summed E-state index contributed by atoms with van der Waals surface area (Å²) < 4.78 is 24.4. The highest BCUT2D eigenvalue weighted by molar-refractivity contribution is 7.90. The van der Waals surface area contributed by atoms with Crippen molar-refractivity contribution >= 4 is 48.1 Å². The van der Waals surface area contributed by atoms with Gasteiger partial charge in [-0.1, -0.05) is 23.5 Å². The first-order valence-electron chi connectivity index (χ1n) is 9.33. The number of thiazole rings is 1. The molecule has 0 saturated carbocycles. The third-order valence-corrected chi connectivity index (χ3v) is 6.73. The Morgan fingerprint density at radius 2 is 1.81 bits per heavy atom. The van der Waals surface area contributed by atoms with E-state index < -0.39 is 14.8 Å². The van der Waals surface area contributed by atoms with Crippen molar-refractivity contribution in [2.45, 2.75) is 11.3 Å². The number of nitrogens with zero attached hydrogens (tertiary/aromatic N) is 4. The minimum Gasteiger partial charge on any atom is -0.308 e. The molecule has 0 aliphatic heterocycles. The minimum absolute atomic E-state index is 0.0338. The molecule has 9 nitrogen and oxygen atoms in total. The number of hydrogen-bond donors (Lipinski definition) is 0. The monoisotopic (exact) mass is 462 g/mol. The summed E-state index contributed by atoms with van der Waals surface area (Å²) in [6.07, 6.45) is 1.21. The summed E-state index contributed by atoms with van der Waals surface area (Å²) in [4.78, 5) is 31.7. The molecule has 0 saturated heterocycles. The van der Waals surface area contributed by atoms with Crippen LogP contribution < -0.4 is 4.90 Å². The molecule has 0 N–H and O–H groups in total. The fourth-order valence-electron chi connectivity index (χ4n) is 2.87. The smallest absolute Gasteiger partial charge is 0.269 e. The predicted molar refractivity (Wildman–Crippen MR) is 120 cm³/mol. The number of carbonyl (C=O) groups is 1. The third-order valence-electron chi connectivity index (χ3n) is 4.58. The van der Waals surface area contributed by atoms with Gasteiger partial charge in [0, 0.05) is 31.5 Å². The maximum atomic E-state index is 13.1. The van der Waals surface area contributed by atoms with Crippen LogP contribution in [-0.4, -0.2) is 62.6 Å². The van der Waals surface area contributed by atoms with E-state index in [0.29, 0.717) is 34.0 Å². The van der Waals surface area contributed by atoms with Crippen LogP contribution in [0.25, 0.3) is 10.2 Å². The molecule has 11 heteroatoms. The quantitative estimate of drug-likeness (QED) is 0.373. The maximum Gasteiger partial charge on any atom is 0.269 e. The van der Waals surface area contributed by atoms with E-state index in [4.69, 9.17) is 0 Å². The molecule has 1 aromatic heterocycles. The number of rotatable bonds is 8. The van der Waals surface area contributed by atoms with Crippen LogP contribution in [0.1, 0.15) is 5.56 Å². The van der Waals surface area contributed by atoms with Crippen molar-refractivity contribution in [3.63, 3.8) is 0 Å². The minimum atomic E-state index is -3.35. The Labute approximate surface area is 184 Å². The van der Waals surface area contributed by atoms with Gasteiger partial charge in [0.15, 0.2) is 15.0 Å². The lowest BCUT2D eigenvalue weighted by atomic mass is 10.1. The Morgan fingerprint density at radius 1 is 1.13 bits per heavy atom. The zero-order valence-electron chi connectivity index (χ0n) is 17.3. The summed E-state index contributed by atoms with van der Waals surface area (Å²) in [6.45, 7) is 1.01. The number of fused-ring (bicyclic) bond motifs is 1. The van der Waals surface area contributed by atoms with Crippen molar-refractivity contribution in [2.75, 3.05) is 38.3 Å². The Kier molecular flexibility index (Phi) is 6.68. The van der Waals surface area contributed by atoms with Crippen LogP contribution in [0.15, 0.2) is 47.4 Å². The lowest BCUT2D eigenvalue weighted by Crippen LogP contribution is -2.37. The van der Waals surface area contributed by atoms with Gasteiger partial charge in [0.1, 0.15) is 0 Å². The maximum absolute atomic E-state index is 13.1. The normalized spacial score (nSPS) is 11.7. The molecule has 1 heterocycles. The summed E-state index contributed by atoms with van der Waals surface area (Å²) in [6, 6.07) is 10.6. The van der Waals surface area contributed by atoms with Crippen molar-refractivity contribution < 1.29 is 18.1 Å². The van der Waals surface area contributed by atoms with Gasteiger partial charge < -0.3 is 4.90 Å². The zero-order valence-corrected chi connectivity index (χ0v) is 18.9. The van der Waals surface area contributed by atoms with Crippen molar-refractivity contribution in [1.82, 2.24) is 9.88 Å². The molecule has 0 aliphatic carbocycles. The van der Waals surface area contributed by atoms with Crippen molar-refractivity contribution in [3.05, 3.63) is 58.1 Å². The second kappa shape index (κ2) is 9.08. The predicted octanol–water partition coefficient (Wildman–Crippen LogP) is 2.75. The van der Waals surface area contributed by atoms with Crippen LogP contribution >= 0.6 is 11.3 Å². The first-order chi connectivity index (χ1) is 14.5. The van der Waals surface area contributed by atoms with Gasteiger partial charge in [-0.25, -0.2) is 13.4 Å². The highest BCUT2D eigenvalue weighted by Crippen LogP contribution is 2.31. The van der Waals surface area contributed by atoms with Crippen LogP contribution in [0.4, 0.5) is 10.8 Å². The van der Waals surface area contributed by atoms with E-state index in [0.717, 1.165) is 6.26 Å². The third kappa shape index (κ3) is 5.63. The van der Waals surface area contributed by atoms with Crippen LogP contribution in [-0.2, 0) is 21.1 Å². The SMILES string of the molecule is CN(C)CCN(C(=O)Cc1ccc([N+](=O)[O-])cc1)c1nc2ccc(S(C)(=O)=O)cc2s1. The van der Waals surface area contributed by atoms with Gasteiger partial charge in [0.25, 0.3) is 5.69 Å². The van der Waals surface area contributed by atoms with Crippen LogP contribution in [0.2, 0.25) is 0 Å². The summed E-state index contributed by atoms with van der Waals surface area (Å²) in [5, 5.41) is 11.3. The summed E-state index contributed by atoms with van der Waals surface area (Å²) in [5.74, 6) is -0.196. The standard InChI is InChI=1S/C20H22N4O5S2/c1-22(2)10-11-23(19(25)12-14-4-6-15(7-5-14)24(26)27)20-21-17-9-8-16(31(3,28)29)13-18(17)30-20/h4-9,13H,10-12H2,1-3H3. The number of anilines is 1. The molecular formula is C20H22N4O5S2. The van der Waals surface area contributed by atoms with Crippen molar-refractivity contribution in [3.8, 4) is 0 Å². The molecule has 164 valence electrons. The Balaban J connectivity index is 1.90. The van der Waals surface area contributed by atoms with E-state index in [-0.39, 0.29) is 22.9 Å². The number of aromatic nitrogens is 1. The number of carbonyl (C=O) groups excluding carboxylic acids is 1. The molecule has 2 aromatic carbocycles. The lowest BCUT2D eigenvalue weighted by Gasteiger charge is -2.22. The molecule has 0 aliphatic rings. The van der Waals surface area contributed by atoms with E-state index >= 15 is 0 Å². The summed E-state index contributed by atoms with van der Waals surface area (Å²) in [7, 11) is 0.447. The number of non-ortho nitro benzene ring substituents is 1. The molecule has 0 radical (unpaired) electrons. The van der Waals surface area contributed by atoms with Gasteiger partial charge in [-0.3, -0.25) is 19.8 Å². The number of amides is 1. The van der Waals surface area contributed by atoms with Gasteiger partial charge in [-0.05, 0) is 37.9 Å². The molecule has 0 fully saturated rings. The van der Waals surface area contributed by atoms with E-state index in [1.165, 1.54) is 29.5 Å². The molecule has 31 heavy (non-hydrogen) atoms. The van der Waals surface area contributed by atoms with E-state index in [1.807, 2.05) is 19.0 Å². The zero-order chi connectivity index (χ0) is 22.8. The second-order valence-corrected chi connectivity index (χ2v) is 10.4. The number of likely N-dealkylation sites (N-methyl/N-ethyl adjacent to an activating group) is 1. The lowest BCUT2D eigenvalue weighted by molar-refractivity contribution is -0.384. The first-order valence-corrected chi connectivity index (χ1v) is 12.0.